The molecular weight excluding hydrogens is 454 g/mol. The van der Waals surface area contributed by atoms with Gasteiger partial charge >= 0.3 is 59.1 Å². The van der Waals surface area contributed by atoms with E-state index in [0.717, 1.165) is 6.33 Å². The molecule has 0 aliphatic carbocycles. The second-order valence-corrected chi connectivity index (χ2v) is 9.70. The number of nitrogens with two attached hydrogens (primary N) is 1. The summed E-state index contributed by atoms with van der Waals surface area (Å²) in [5.74, 6) is -1.51. The van der Waals surface area contributed by atoms with Crippen LogP contribution in [-0.2, 0) is 18.4 Å². The van der Waals surface area contributed by atoms with Gasteiger partial charge in [-0.3, -0.25) is 4.57 Å². The van der Waals surface area contributed by atoms with Crippen LogP contribution in [0.25, 0.3) is 11.2 Å². The quantitative estimate of drug-likeness (QED) is 0.228. The minimum Gasteiger partial charge on any atom is -0.778 e. The Kier molecular flexibility index (Phi) is 9.91. The molecule has 0 amide bonds. The molecule has 2 aromatic heterocycles. The van der Waals surface area contributed by atoms with Gasteiger partial charge in [-0.05, 0) is 0 Å². The molecular formula is C11H15N5Na2O9P2. The fraction of sp³-hybridized carbons (Fsp3) is 0.545. The van der Waals surface area contributed by atoms with Crippen molar-refractivity contribution in [2.24, 2.45) is 0 Å². The molecule has 0 radical (unpaired) electrons. The molecule has 1 aliphatic heterocycles. The van der Waals surface area contributed by atoms with Crippen LogP contribution in [-0.4, -0.2) is 65.4 Å². The molecule has 0 aromatic carbocycles. The van der Waals surface area contributed by atoms with Crippen LogP contribution in [0.4, 0.5) is 5.82 Å². The molecule has 2 unspecified atom stereocenters. The third kappa shape index (κ3) is 6.51. The number of aromatic nitrogens is 4. The molecule has 29 heavy (non-hydrogen) atoms. The van der Waals surface area contributed by atoms with E-state index in [1.807, 2.05) is 0 Å². The van der Waals surface area contributed by atoms with Gasteiger partial charge < -0.3 is 49.0 Å². The number of hydrogen-bond acceptors (Lipinski definition) is 12. The molecule has 2 aromatic rings. The van der Waals surface area contributed by atoms with Gasteiger partial charge in [-0.1, -0.05) is 0 Å². The summed E-state index contributed by atoms with van der Waals surface area (Å²) in [5, 5.41) is 20.3. The van der Waals surface area contributed by atoms with Crippen molar-refractivity contribution in [2.75, 3.05) is 18.2 Å². The number of anilines is 1. The number of hydrogen-bond donors (Lipinski definition) is 4. The van der Waals surface area contributed by atoms with Gasteiger partial charge in [0.1, 0.15) is 45.3 Å². The van der Waals surface area contributed by atoms with Gasteiger partial charge in [-0.2, -0.15) is 0 Å². The van der Waals surface area contributed by atoms with E-state index in [0.29, 0.717) is 0 Å². The first-order valence-corrected chi connectivity index (χ1v) is 10.9. The number of fused-ring (bicyclic) bond motifs is 1. The Balaban J connectivity index is 0.00000210. The van der Waals surface area contributed by atoms with Crippen LogP contribution in [0, 0.1) is 0 Å². The van der Waals surface area contributed by atoms with E-state index in [-0.39, 0.29) is 76.1 Å². The van der Waals surface area contributed by atoms with Crippen LogP contribution < -0.4 is 74.6 Å². The maximum atomic E-state index is 11.5. The van der Waals surface area contributed by atoms with Crippen molar-refractivity contribution < 1.29 is 102 Å². The molecule has 6 atom stereocenters. The first-order valence-electron chi connectivity index (χ1n) is 7.40. The zero-order valence-electron chi connectivity index (χ0n) is 15.4. The van der Waals surface area contributed by atoms with Crippen molar-refractivity contribution in [2.45, 2.75) is 24.5 Å². The average molecular weight is 469 g/mol. The smallest absolute Gasteiger partial charge is 0.778 e. The van der Waals surface area contributed by atoms with Crippen molar-refractivity contribution in [3.05, 3.63) is 12.7 Å². The van der Waals surface area contributed by atoms with Gasteiger partial charge in [-0.15, -0.1) is 0 Å². The maximum absolute atomic E-state index is 11.5. The van der Waals surface area contributed by atoms with Crippen LogP contribution >= 0.6 is 15.2 Å². The summed E-state index contributed by atoms with van der Waals surface area (Å²) < 4.78 is 33.4. The number of aliphatic hydroxyl groups excluding tert-OH is 2. The third-order valence-electron chi connectivity index (χ3n) is 3.79. The van der Waals surface area contributed by atoms with Crippen LogP contribution in [0.1, 0.15) is 6.23 Å². The second kappa shape index (κ2) is 10.4. The summed E-state index contributed by atoms with van der Waals surface area (Å²) in [6, 6.07) is 0. The van der Waals surface area contributed by atoms with Gasteiger partial charge in [0.25, 0.3) is 0 Å². The summed E-state index contributed by atoms with van der Waals surface area (Å²) in [6.45, 7) is -0.779. The maximum Gasteiger partial charge on any atom is 1.00 e. The number of nitrogen functional groups attached to an aromatic ring is 1. The topological polar surface area (TPSA) is 229 Å². The van der Waals surface area contributed by atoms with Crippen LogP contribution in [0.2, 0.25) is 0 Å². The van der Waals surface area contributed by atoms with Crippen molar-refractivity contribution in [3.8, 4) is 0 Å². The Morgan fingerprint density at radius 1 is 1.21 bits per heavy atom. The molecule has 1 saturated heterocycles. The first-order chi connectivity index (χ1) is 12.5. The van der Waals surface area contributed by atoms with Crippen molar-refractivity contribution in [1.29, 1.82) is 0 Å². The number of aliphatic hydroxyl groups is 2. The summed E-state index contributed by atoms with van der Waals surface area (Å²) >= 11 is 0. The molecule has 150 valence electrons. The number of rotatable bonds is 6. The average Bonchev–Trinajstić information content (AvgIpc) is 3.07. The molecule has 14 nitrogen and oxygen atoms in total. The molecule has 5 N–H and O–H groups in total. The monoisotopic (exact) mass is 469 g/mol. The Bertz CT molecular complexity index is 943. The zero-order chi connectivity index (χ0) is 20.0. The molecule has 3 heterocycles. The summed E-state index contributed by atoms with van der Waals surface area (Å²) in [7, 11) is -10.0. The van der Waals surface area contributed by atoms with Crippen LogP contribution in [0.3, 0.4) is 0 Å². The predicted molar refractivity (Wildman–Crippen MR) is 83.9 cm³/mol. The summed E-state index contributed by atoms with van der Waals surface area (Å²) in [4.78, 5) is 42.6. The number of nitrogens with zero attached hydrogens (tertiary/aromatic N) is 4. The number of imidazole rings is 1. The summed E-state index contributed by atoms with van der Waals surface area (Å²) in [6.07, 6.45) is -3.15. The van der Waals surface area contributed by atoms with Crippen molar-refractivity contribution >= 4 is 32.2 Å². The van der Waals surface area contributed by atoms with Crippen LogP contribution in [0.15, 0.2) is 12.7 Å². The van der Waals surface area contributed by atoms with E-state index in [9.17, 15) is 29.1 Å². The molecule has 1 fully saturated rings. The number of ether oxygens (including phenoxy) is 1. The first kappa shape index (κ1) is 27.6. The molecule has 3 rings (SSSR count). The minimum atomic E-state index is -5.10. The van der Waals surface area contributed by atoms with Crippen molar-refractivity contribution in [3.63, 3.8) is 0 Å². The standard InChI is InChI=1S/C11H17N5O9P2.2Na/c12-9-6-10(14-2-13-9)16(3-15-6)11-8(18)7(17)5(25-11)1-24-27(22,23)4-26(19,20)21;;/h2-3,5,7-8,11,17-18H,1,4H2,(H,22,23)(H2,12,13,14)(H2,19,20,21);;/q;2*+1/p-2/t5-,7-,8-,11-;;/m1../s1. The molecule has 0 bridgehead atoms. The van der Waals surface area contributed by atoms with Gasteiger partial charge in [0.2, 0.25) is 0 Å². The fourth-order valence-electron chi connectivity index (χ4n) is 2.60. The van der Waals surface area contributed by atoms with Crippen LogP contribution in [0.5, 0.6) is 0 Å². The van der Waals surface area contributed by atoms with E-state index < -0.39 is 52.2 Å². The van der Waals surface area contributed by atoms with Gasteiger partial charge in [0.05, 0.1) is 18.8 Å². The van der Waals surface area contributed by atoms with E-state index in [2.05, 4.69) is 19.5 Å². The Morgan fingerprint density at radius 3 is 2.48 bits per heavy atom. The molecule has 18 heteroatoms. The summed E-state index contributed by atoms with van der Waals surface area (Å²) in [5.41, 5.74) is 6.12. The van der Waals surface area contributed by atoms with Crippen molar-refractivity contribution in [1.82, 2.24) is 19.5 Å². The van der Waals surface area contributed by atoms with Gasteiger partial charge in [-0.25, -0.2) is 15.0 Å². The fourth-order valence-corrected chi connectivity index (χ4v) is 5.05. The Hall–Kier alpha value is 0.530. The van der Waals surface area contributed by atoms with E-state index in [1.54, 1.807) is 0 Å². The SMILES string of the molecule is Nc1ncnc2c1ncn2[C@@H]1O[C@H](COP(=O)([O-])CP(=O)([O-])O)[C@@H](O)[C@H]1O.[Na+].[Na+]. The molecule has 0 spiro atoms. The van der Waals surface area contributed by atoms with Gasteiger partial charge in [0, 0.05) is 0 Å². The van der Waals surface area contributed by atoms with E-state index >= 15 is 0 Å². The Labute approximate surface area is 208 Å². The zero-order valence-corrected chi connectivity index (χ0v) is 21.2. The van der Waals surface area contributed by atoms with E-state index in [4.69, 9.17) is 15.4 Å². The third-order valence-corrected chi connectivity index (χ3v) is 7.14. The Morgan fingerprint density at radius 2 is 1.86 bits per heavy atom. The second-order valence-electron chi connectivity index (χ2n) is 5.81. The normalized spacial score (nSPS) is 28.2. The van der Waals surface area contributed by atoms with Gasteiger partial charge in [0.15, 0.2) is 17.7 Å². The molecule has 1 aliphatic rings. The van der Waals surface area contributed by atoms with E-state index in [1.165, 1.54) is 10.9 Å². The molecule has 0 saturated carbocycles. The minimum absolute atomic E-state index is 0. The predicted octanol–water partition coefficient (Wildman–Crippen LogP) is -8.89. The largest absolute Gasteiger partial charge is 1.00 e.